The summed E-state index contributed by atoms with van der Waals surface area (Å²) in [5.41, 5.74) is 5.37. The molecule has 0 saturated heterocycles. The van der Waals surface area contributed by atoms with E-state index in [0.29, 0.717) is 5.84 Å². The van der Waals surface area contributed by atoms with Crippen LogP contribution in [0.1, 0.15) is 40.0 Å². The predicted molar refractivity (Wildman–Crippen MR) is 62.7 cm³/mol. The first kappa shape index (κ1) is 13.4. The first-order valence-corrected chi connectivity index (χ1v) is 5.43. The third-order valence-corrected chi connectivity index (χ3v) is 2.74. The molecule has 84 valence electrons. The minimum atomic E-state index is -0.152. The average molecular weight is 199 g/mol. The van der Waals surface area contributed by atoms with E-state index in [1.807, 2.05) is 13.8 Å². The average Bonchev–Trinajstić information content (AvgIpc) is 2.11. The van der Waals surface area contributed by atoms with Crippen LogP contribution < -0.4 is 5.73 Å². The Hall–Kier alpha value is -0.570. The largest absolute Gasteiger partial charge is 0.387 e. The van der Waals surface area contributed by atoms with Gasteiger partial charge in [0.25, 0.3) is 0 Å². The number of nitrogens with one attached hydrogen (secondary N) is 1. The molecular formula is C11H25N3. The summed E-state index contributed by atoms with van der Waals surface area (Å²) in [5, 5.41) is 7.44. The molecule has 0 aliphatic carbocycles. The van der Waals surface area contributed by atoms with E-state index >= 15 is 0 Å². The molecule has 0 spiro atoms. The second-order valence-electron chi connectivity index (χ2n) is 4.70. The highest BCUT2D eigenvalue weighted by atomic mass is 15.1. The van der Waals surface area contributed by atoms with Crippen molar-refractivity contribution in [3.8, 4) is 0 Å². The van der Waals surface area contributed by atoms with Crippen LogP contribution in [-0.4, -0.2) is 30.9 Å². The SMILES string of the molecule is CCCCN(C)CCC(C)(C)C(=N)N. The Morgan fingerprint density at radius 1 is 1.36 bits per heavy atom. The van der Waals surface area contributed by atoms with Gasteiger partial charge >= 0.3 is 0 Å². The fourth-order valence-electron chi connectivity index (χ4n) is 1.14. The molecular weight excluding hydrogens is 174 g/mol. The lowest BCUT2D eigenvalue weighted by Crippen LogP contribution is -2.34. The van der Waals surface area contributed by atoms with Gasteiger partial charge in [-0.05, 0) is 33.0 Å². The number of amidine groups is 1. The standard InChI is InChI=1S/C11H25N3/c1-5-6-8-14(4)9-7-11(2,3)10(12)13/h5-9H2,1-4H3,(H3,12,13). The van der Waals surface area contributed by atoms with Crippen LogP contribution in [0.2, 0.25) is 0 Å². The third kappa shape index (κ3) is 5.22. The summed E-state index contributed by atoms with van der Waals surface area (Å²) >= 11 is 0. The van der Waals surface area contributed by atoms with Crippen LogP contribution in [0.15, 0.2) is 0 Å². The lowest BCUT2D eigenvalue weighted by atomic mass is 9.88. The first-order chi connectivity index (χ1) is 6.40. The van der Waals surface area contributed by atoms with Gasteiger partial charge in [0.15, 0.2) is 0 Å². The van der Waals surface area contributed by atoms with Gasteiger partial charge in [0.1, 0.15) is 0 Å². The fourth-order valence-corrected chi connectivity index (χ4v) is 1.14. The van der Waals surface area contributed by atoms with Gasteiger partial charge in [-0.15, -0.1) is 0 Å². The van der Waals surface area contributed by atoms with Crippen molar-refractivity contribution in [3.63, 3.8) is 0 Å². The topological polar surface area (TPSA) is 53.1 Å². The maximum absolute atomic E-state index is 7.44. The van der Waals surface area contributed by atoms with Gasteiger partial charge in [0, 0.05) is 5.41 Å². The van der Waals surface area contributed by atoms with Gasteiger partial charge in [-0.3, -0.25) is 5.41 Å². The number of unbranched alkanes of at least 4 members (excludes halogenated alkanes) is 1. The number of rotatable bonds is 7. The van der Waals surface area contributed by atoms with Crippen LogP contribution in [0.25, 0.3) is 0 Å². The van der Waals surface area contributed by atoms with Gasteiger partial charge in [0.05, 0.1) is 5.84 Å². The summed E-state index contributed by atoms with van der Waals surface area (Å²) in [6.07, 6.45) is 3.44. The van der Waals surface area contributed by atoms with Crippen LogP contribution in [0, 0.1) is 10.8 Å². The Morgan fingerprint density at radius 3 is 2.36 bits per heavy atom. The zero-order valence-corrected chi connectivity index (χ0v) is 10.1. The monoisotopic (exact) mass is 199 g/mol. The first-order valence-electron chi connectivity index (χ1n) is 5.43. The summed E-state index contributed by atoms with van der Waals surface area (Å²) in [6.45, 7) is 8.43. The van der Waals surface area contributed by atoms with Crippen molar-refractivity contribution in [3.05, 3.63) is 0 Å². The van der Waals surface area contributed by atoms with Gasteiger partial charge in [-0.25, -0.2) is 0 Å². The van der Waals surface area contributed by atoms with Crippen LogP contribution >= 0.6 is 0 Å². The van der Waals surface area contributed by atoms with E-state index in [-0.39, 0.29) is 5.41 Å². The Balaban J connectivity index is 3.75. The van der Waals surface area contributed by atoms with Crippen molar-refractivity contribution in [2.45, 2.75) is 40.0 Å². The molecule has 14 heavy (non-hydrogen) atoms. The minimum absolute atomic E-state index is 0.152. The molecule has 0 aliphatic heterocycles. The molecule has 0 saturated carbocycles. The lowest BCUT2D eigenvalue weighted by Gasteiger charge is -2.26. The molecule has 0 heterocycles. The Bertz CT molecular complexity index is 175. The second-order valence-corrected chi connectivity index (χ2v) is 4.70. The number of nitrogens with two attached hydrogens (primary N) is 1. The molecule has 0 aromatic heterocycles. The predicted octanol–water partition coefficient (Wildman–Crippen LogP) is 2.07. The van der Waals surface area contributed by atoms with Crippen molar-refractivity contribution in [2.75, 3.05) is 20.1 Å². The summed E-state index contributed by atoms with van der Waals surface area (Å²) in [5.74, 6) is 0.293. The van der Waals surface area contributed by atoms with E-state index in [1.54, 1.807) is 0 Å². The van der Waals surface area contributed by atoms with E-state index < -0.39 is 0 Å². The molecule has 0 radical (unpaired) electrons. The van der Waals surface area contributed by atoms with Gasteiger partial charge < -0.3 is 10.6 Å². The van der Waals surface area contributed by atoms with Crippen LogP contribution in [-0.2, 0) is 0 Å². The summed E-state index contributed by atoms with van der Waals surface area (Å²) in [6, 6.07) is 0. The van der Waals surface area contributed by atoms with Crippen LogP contribution in [0.3, 0.4) is 0 Å². The van der Waals surface area contributed by atoms with E-state index in [4.69, 9.17) is 11.1 Å². The second kappa shape index (κ2) is 6.02. The normalized spacial score (nSPS) is 12.1. The molecule has 0 aliphatic rings. The van der Waals surface area contributed by atoms with E-state index in [2.05, 4.69) is 18.9 Å². The molecule has 0 atom stereocenters. The number of nitrogens with zero attached hydrogens (tertiary/aromatic N) is 1. The smallest absolute Gasteiger partial charge is 0.0963 e. The van der Waals surface area contributed by atoms with Gasteiger partial charge in [-0.1, -0.05) is 27.2 Å². The van der Waals surface area contributed by atoms with E-state index in [0.717, 1.165) is 19.5 Å². The van der Waals surface area contributed by atoms with Crippen molar-refractivity contribution in [1.29, 1.82) is 5.41 Å². The lowest BCUT2D eigenvalue weighted by molar-refractivity contribution is 0.287. The van der Waals surface area contributed by atoms with Crippen molar-refractivity contribution >= 4 is 5.84 Å². The van der Waals surface area contributed by atoms with Gasteiger partial charge in [-0.2, -0.15) is 0 Å². The molecule has 0 bridgehead atoms. The molecule has 0 aromatic rings. The summed E-state index contributed by atoms with van der Waals surface area (Å²) in [4.78, 5) is 2.31. The molecule has 0 fully saturated rings. The molecule has 3 heteroatoms. The number of hydrogen-bond donors (Lipinski definition) is 2. The maximum atomic E-state index is 7.44. The quantitative estimate of drug-likeness (QED) is 0.487. The summed E-state index contributed by atoms with van der Waals surface area (Å²) in [7, 11) is 2.13. The third-order valence-electron chi connectivity index (χ3n) is 2.74. The van der Waals surface area contributed by atoms with Crippen LogP contribution in [0.4, 0.5) is 0 Å². The Kier molecular flexibility index (Phi) is 5.77. The van der Waals surface area contributed by atoms with Crippen molar-refractivity contribution in [2.24, 2.45) is 11.1 Å². The fraction of sp³-hybridized carbons (Fsp3) is 0.909. The highest BCUT2D eigenvalue weighted by Gasteiger charge is 2.21. The summed E-state index contributed by atoms with van der Waals surface area (Å²) < 4.78 is 0. The van der Waals surface area contributed by atoms with E-state index in [9.17, 15) is 0 Å². The number of hydrogen-bond acceptors (Lipinski definition) is 2. The van der Waals surface area contributed by atoms with Crippen LogP contribution in [0.5, 0.6) is 0 Å². The Labute approximate surface area is 88.2 Å². The molecule has 0 aromatic carbocycles. The van der Waals surface area contributed by atoms with Gasteiger partial charge in [0.2, 0.25) is 0 Å². The zero-order chi connectivity index (χ0) is 11.2. The molecule has 3 nitrogen and oxygen atoms in total. The van der Waals surface area contributed by atoms with Crippen molar-refractivity contribution < 1.29 is 0 Å². The zero-order valence-electron chi connectivity index (χ0n) is 10.1. The minimum Gasteiger partial charge on any atom is -0.387 e. The van der Waals surface area contributed by atoms with Crippen molar-refractivity contribution in [1.82, 2.24) is 4.90 Å². The highest BCUT2D eigenvalue weighted by Crippen LogP contribution is 2.19. The maximum Gasteiger partial charge on any atom is 0.0963 e. The molecule has 0 rings (SSSR count). The molecule has 3 N–H and O–H groups in total. The highest BCUT2D eigenvalue weighted by molar-refractivity contribution is 5.82. The molecule has 0 amide bonds. The molecule has 0 unspecified atom stereocenters. The Morgan fingerprint density at radius 2 is 1.93 bits per heavy atom. The van der Waals surface area contributed by atoms with E-state index in [1.165, 1.54) is 12.8 Å².